The summed E-state index contributed by atoms with van der Waals surface area (Å²) in [6.07, 6.45) is 0. The van der Waals surface area contributed by atoms with Crippen molar-refractivity contribution in [2.75, 3.05) is 11.9 Å². The van der Waals surface area contributed by atoms with Crippen LogP contribution in [-0.4, -0.2) is 17.8 Å². The zero-order valence-electron chi connectivity index (χ0n) is 10.7. The second kappa shape index (κ2) is 5.58. The van der Waals surface area contributed by atoms with E-state index in [0.29, 0.717) is 22.8 Å². The van der Waals surface area contributed by atoms with Gasteiger partial charge >= 0.3 is 0 Å². The average Bonchev–Trinajstić information content (AvgIpc) is 2.94. The van der Waals surface area contributed by atoms with Crippen molar-refractivity contribution in [3.63, 3.8) is 0 Å². The van der Waals surface area contributed by atoms with Gasteiger partial charge in [-0.1, -0.05) is 63.9 Å². The van der Waals surface area contributed by atoms with Gasteiger partial charge in [-0.3, -0.25) is 0 Å². The van der Waals surface area contributed by atoms with Crippen molar-refractivity contribution >= 4 is 33.4 Å². The van der Waals surface area contributed by atoms with E-state index in [2.05, 4.69) is 20.9 Å². The predicted molar refractivity (Wildman–Crippen MR) is 85.9 cm³/mol. The van der Waals surface area contributed by atoms with Gasteiger partial charge in [0.25, 0.3) is 0 Å². The molecule has 2 aromatic rings. The molecule has 1 atom stereocenters. The number of rotatable bonds is 3. The average molecular weight is 351 g/mol. The highest BCUT2D eigenvalue weighted by atomic mass is 79.9. The van der Waals surface area contributed by atoms with E-state index in [1.54, 1.807) is 0 Å². The van der Waals surface area contributed by atoms with Crippen molar-refractivity contribution in [3.05, 3.63) is 70.7 Å². The monoisotopic (exact) mass is 349 g/mol. The summed E-state index contributed by atoms with van der Waals surface area (Å²) in [6, 6.07) is 17.7. The Morgan fingerprint density at radius 1 is 1.10 bits per heavy atom. The molecule has 4 heteroatoms. The first-order valence-corrected chi connectivity index (χ1v) is 7.85. The van der Waals surface area contributed by atoms with Gasteiger partial charge in [0, 0.05) is 21.5 Å². The molecule has 0 amide bonds. The highest BCUT2D eigenvalue weighted by Crippen LogP contribution is 2.37. The van der Waals surface area contributed by atoms with Crippen LogP contribution in [0.3, 0.4) is 0 Å². The minimum atomic E-state index is -0.524. The third-order valence-corrected chi connectivity index (χ3v) is 4.61. The Morgan fingerprint density at radius 2 is 1.80 bits per heavy atom. The predicted octanol–water partition coefficient (Wildman–Crippen LogP) is 4.41. The number of hydrogen-bond acceptors (Lipinski definition) is 2. The van der Waals surface area contributed by atoms with Gasteiger partial charge in [-0.2, -0.15) is 0 Å². The maximum Gasteiger partial charge on any atom is 0.217 e. The first-order chi connectivity index (χ1) is 9.75. The summed E-state index contributed by atoms with van der Waals surface area (Å²) in [5.41, 5.74) is 1.43. The molecule has 0 radical (unpaired) electrons. The minimum absolute atomic E-state index is 0.524. The Hall–Kier alpha value is -1.32. The van der Waals surface area contributed by atoms with E-state index in [9.17, 15) is 0 Å². The Bertz CT molecular complexity index is 644. The molecule has 3 rings (SSSR count). The van der Waals surface area contributed by atoms with Crippen molar-refractivity contribution in [1.29, 1.82) is 0 Å². The Labute approximate surface area is 131 Å². The molecule has 0 fully saturated rings. The molecule has 20 heavy (non-hydrogen) atoms. The first kappa shape index (κ1) is 13.7. The molecule has 0 bridgehead atoms. The lowest BCUT2D eigenvalue weighted by Gasteiger charge is -2.27. The Kier molecular flexibility index (Phi) is 3.81. The fourth-order valence-corrected chi connectivity index (χ4v) is 3.19. The van der Waals surface area contributed by atoms with Crippen LogP contribution >= 0.6 is 27.5 Å². The fraction of sp³-hybridized carbons (Fsp3) is 0.188. The maximum atomic E-state index is 6.31. The second-order valence-electron chi connectivity index (χ2n) is 4.70. The van der Waals surface area contributed by atoms with Gasteiger partial charge in [0.15, 0.2) is 5.60 Å². The molecule has 0 aromatic heterocycles. The standard InChI is InChI=1S/C16H13BrClNO/c17-10-16(13-8-4-5-9-14(13)18)11-19-15(20-16)12-6-2-1-3-7-12/h1-9H,10-11H2/t16-/m0/s1. The molecule has 0 saturated heterocycles. The van der Waals surface area contributed by atoms with Gasteiger partial charge in [-0.05, 0) is 18.2 Å². The number of ether oxygens (including phenoxy) is 1. The van der Waals surface area contributed by atoms with Crippen molar-refractivity contribution < 1.29 is 4.74 Å². The quantitative estimate of drug-likeness (QED) is 0.752. The lowest BCUT2D eigenvalue weighted by Crippen LogP contribution is -2.32. The molecule has 0 spiro atoms. The molecule has 1 heterocycles. The van der Waals surface area contributed by atoms with Gasteiger partial charge in [-0.15, -0.1) is 0 Å². The number of benzene rings is 2. The highest BCUT2D eigenvalue weighted by molar-refractivity contribution is 9.09. The van der Waals surface area contributed by atoms with Crippen molar-refractivity contribution in [2.24, 2.45) is 4.99 Å². The molecular weight excluding hydrogens is 338 g/mol. The SMILES string of the molecule is Clc1ccccc1[C@]1(CBr)CN=C(c2ccccc2)O1. The van der Waals surface area contributed by atoms with E-state index in [1.165, 1.54) is 0 Å². The minimum Gasteiger partial charge on any atom is -0.463 e. The van der Waals surface area contributed by atoms with Crippen LogP contribution in [-0.2, 0) is 10.3 Å². The summed E-state index contributed by atoms with van der Waals surface area (Å²) in [7, 11) is 0. The summed E-state index contributed by atoms with van der Waals surface area (Å²) in [5, 5.41) is 1.35. The molecular formula is C16H13BrClNO. The second-order valence-corrected chi connectivity index (χ2v) is 5.67. The number of nitrogens with zero attached hydrogens (tertiary/aromatic N) is 1. The summed E-state index contributed by atoms with van der Waals surface area (Å²) in [5.74, 6) is 0.671. The van der Waals surface area contributed by atoms with E-state index < -0.39 is 5.60 Å². The molecule has 2 nitrogen and oxygen atoms in total. The third-order valence-electron chi connectivity index (χ3n) is 3.37. The molecule has 1 aliphatic rings. The van der Waals surface area contributed by atoms with Crippen LogP contribution in [0.1, 0.15) is 11.1 Å². The maximum absolute atomic E-state index is 6.31. The van der Waals surface area contributed by atoms with Gasteiger partial charge in [-0.25, -0.2) is 4.99 Å². The molecule has 0 unspecified atom stereocenters. The number of hydrogen-bond donors (Lipinski definition) is 0. The van der Waals surface area contributed by atoms with E-state index >= 15 is 0 Å². The number of halogens is 2. The van der Waals surface area contributed by atoms with Crippen molar-refractivity contribution in [3.8, 4) is 0 Å². The first-order valence-electron chi connectivity index (χ1n) is 6.35. The number of aliphatic imine (C=N–C) groups is 1. The smallest absolute Gasteiger partial charge is 0.217 e. The van der Waals surface area contributed by atoms with Crippen LogP contribution in [0.25, 0.3) is 0 Å². The molecule has 0 N–H and O–H groups in total. The van der Waals surface area contributed by atoms with Crippen molar-refractivity contribution in [2.45, 2.75) is 5.60 Å². The van der Waals surface area contributed by atoms with E-state index in [-0.39, 0.29) is 0 Å². The zero-order chi connectivity index (χ0) is 14.0. The van der Waals surface area contributed by atoms with Crippen LogP contribution in [0.2, 0.25) is 5.02 Å². The summed E-state index contributed by atoms with van der Waals surface area (Å²) in [6.45, 7) is 0.562. The number of alkyl halides is 1. The Balaban J connectivity index is 1.94. The van der Waals surface area contributed by atoms with Crippen LogP contribution in [0.15, 0.2) is 59.6 Å². The molecule has 0 saturated carbocycles. The van der Waals surface area contributed by atoms with E-state index in [0.717, 1.165) is 11.1 Å². The molecule has 102 valence electrons. The Morgan fingerprint density at radius 3 is 2.50 bits per heavy atom. The third kappa shape index (κ3) is 2.36. The summed E-state index contributed by atoms with van der Waals surface area (Å²) >= 11 is 9.86. The lowest BCUT2D eigenvalue weighted by molar-refractivity contribution is 0.115. The normalized spacial score (nSPS) is 21.4. The van der Waals surface area contributed by atoms with E-state index in [4.69, 9.17) is 16.3 Å². The molecule has 1 aliphatic heterocycles. The van der Waals surface area contributed by atoms with Crippen molar-refractivity contribution in [1.82, 2.24) is 0 Å². The summed E-state index contributed by atoms with van der Waals surface area (Å²) < 4.78 is 6.17. The lowest BCUT2D eigenvalue weighted by atomic mass is 9.96. The van der Waals surface area contributed by atoms with Crippen LogP contribution in [0.4, 0.5) is 0 Å². The van der Waals surface area contributed by atoms with E-state index in [1.807, 2.05) is 54.6 Å². The van der Waals surface area contributed by atoms with Crippen LogP contribution < -0.4 is 0 Å². The molecule has 0 aliphatic carbocycles. The topological polar surface area (TPSA) is 21.6 Å². The van der Waals surface area contributed by atoms with Crippen LogP contribution in [0.5, 0.6) is 0 Å². The highest BCUT2D eigenvalue weighted by Gasteiger charge is 2.40. The molecule has 2 aromatic carbocycles. The fourth-order valence-electron chi connectivity index (χ4n) is 2.29. The van der Waals surface area contributed by atoms with Crippen LogP contribution in [0, 0.1) is 0 Å². The van der Waals surface area contributed by atoms with Gasteiger partial charge in [0.1, 0.15) is 0 Å². The van der Waals surface area contributed by atoms with Gasteiger partial charge in [0.2, 0.25) is 5.90 Å². The van der Waals surface area contributed by atoms with Gasteiger partial charge < -0.3 is 4.74 Å². The summed E-state index contributed by atoms with van der Waals surface area (Å²) in [4.78, 5) is 4.55. The zero-order valence-corrected chi connectivity index (χ0v) is 13.1. The van der Waals surface area contributed by atoms with Gasteiger partial charge in [0.05, 0.1) is 6.54 Å². The largest absolute Gasteiger partial charge is 0.463 e.